The van der Waals surface area contributed by atoms with E-state index in [1.165, 1.54) is 24.3 Å². The van der Waals surface area contributed by atoms with E-state index in [-0.39, 0.29) is 23.9 Å². The third kappa shape index (κ3) is 3.75. The molecule has 0 aliphatic carbocycles. The topological polar surface area (TPSA) is 49.9 Å². The van der Waals surface area contributed by atoms with Gasteiger partial charge in [0.2, 0.25) is 0 Å². The van der Waals surface area contributed by atoms with Crippen LogP contribution in [0.3, 0.4) is 0 Å². The van der Waals surface area contributed by atoms with Crippen LogP contribution in [0.4, 0.5) is 9.18 Å². The van der Waals surface area contributed by atoms with Gasteiger partial charge in [0.05, 0.1) is 6.61 Å². The highest BCUT2D eigenvalue weighted by Gasteiger charge is 2.28. The lowest BCUT2D eigenvalue weighted by atomic mass is 10.0. The van der Waals surface area contributed by atoms with Crippen LogP contribution in [0.1, 0.15) is 30.1 Å². The first kappa shape index (κ1) is 16.3. The molecule has 22 heavy (non-hydrogen) atoms. The van der Waals surface area contributed by atoms with Crippen LogP contribution in [-0.2, 0) is 4.74 Å². The van der Waals surface area contributed by atoms with Gasteiger partial charge in [-0.05, 0) is 44.0 Å². The summed E-state index contributed by atoms with van der Waals surface area (Å²) in [6.45, 7) is 3.29. The number of halogens is 1. The molecule has 1 aliphatic heterocycles. The third-order valence-corrected chi connectivity index (χ3v) is 3.95. The molecule has 1 aromatic rings. The first-order valence-corrected chi connectivity index (χ1v) is 7.47. The van der Waals surface area contributed by atoms with Crippen molar-refractivity contribution in [3.63, 3.8) is 0 Å². The van der Waals surface area contributed by atoms with E-state index in [0.29, 0.717) is 38.1 Å². The van der Waals surface area contributed by atoms with Gasteiger partial charge in [0, 0.05) is 31.7 Å². The second kappa shape index (κ2) is 7.24. The van der Waals surface area contributed by atoms with Gasteiger partial charge >= 0.3 is 6.09 Å². The third-order valence-electron chi connectivity index (χ3n) is 3.95. The summed E-state index contributed by atoms with van der Waals surface area (Å²) in [5.74, 6) is -0.489. The Morgan fingerprint density at radius 2 is 1.86 bits per heavy atom. The second-order valence-corrected chi connectivity index (χ2v) is 5.34. The second-order valence-electron chi connectivity index (χ2n) is 5.34. The fourth-order valence-electron chi connectivity index (χ4n) is 2.61. The first-order chi connectivity index (χ1) is 10.5. The van der Waals surface area contributed by atoms with E-state index in [9.17, 15) is 14.0 Å². The van der Waals surface area contributed by atoms with Crippen molar-refractivity contribution in [2.45, 2.75) is 25.8 Å². The zero-order valence-electron chi connectivity index (χ0n) is 12.9. The highest BCUT2D eigenvalue weighted by Crippen LogP contribution is 2.18. The van der Waals surface area contributed by atoms with Gasteiger partial charge in [0.1, 0.15) is 5.82 Å². The monoisotopic (exact) mass is 308 g/mol. The highest BCUT2D eigenvalue weighted by molar-refractivity contribution is 5.94. The molecule has 120 valence electrons. The Bertz CT molecular complexity index is 525. The van der Waals surface area contributed by atoms with Crippen molar-refractivity contribution in [1.82, 2.24) is 9.80 Å². The van der Waals surface area contributed by atoms with Crippen LogP contribution in [0.15, 0.2) is 24.3 Å². The molecule has 1 aromatic carbocycles. The lowest BCUT2D eigenvalue weighted by molar-refractivity contribution is 0.0602. The Kier molecular flexibility index (Phi) is 5.35. The van der Waals surface area contributed by atoms with E-state index in [0.717, 1.165) is 0 Å². The van der Waals surface area contributed by atoms with Crippen molar-refractivity contribution in [1.29, 1.82) is 0 Å². The molecule has 0 N–H and O–H groups in total. The van der Waals surface area contributed by atoms with Crippen molar-refractivity contribution >= 4 is 12.0 Å². The Morgan fingerprint density at radius 1 is 1.27 bits per heavy atom. The quantitative estimate of drug-likeness (QED) is 0.862. The molecule has 5 nitrogen and oxygen atoms in total. The van der Waals surface area contributed by atoms with Crippen molar-refractivity contribution < 1.29 is 18.7 Å². The zero-order valence-corrected chi connectivity index (χ0v) is 12.9. The maximum atomic E-state index is 12.9. The Balaban J connectivity index is 1.91. The molecule has 0 bridgehead atoms. The number of nitrogens with zero attached hydrogens (tertiary/aromatic N) is 2. The molecule has 6 heteroatoms. The number of carbonyl (C=O) groups excluding carboxylic acids is 2. The van der Waals surface area contributed by atoms with Crippen LogP contribution in [0.25, 0.3) is 0 Å². The summed E-state index contributed by atoms with van der Waals surface area (Å²) >= 11 is 0. The van der Waals surface area contributed by atoms with E-state index in [1.54, 1.807) is 23.8 Å². The SMILES string of the molecule is CCOC(=O)N1CCC(N(C)C(=O)c2ccc(F)cc2)CC1. The molecular formula is C16H21FN2O3. The normalized spacial score (nSPS) is 15.5. The predicted molar refractivity (Wildman–Crippen MR) is 80.1 cm³/mol. The van der Waals surface area contributed by atoms with Crippen molar-refractivity contribution in [2.24, 2.45) is 0 Å². The molecule has 2 rings (SSSR count). The number of likely N-dealkylation sites (tertiary alicyclic amines) is 1. The molecule has 1 fully saturated rings. The molecule has 1 heterocycles. The summed E-state index contributed by atoms with van der Waals surface area (Å²) in [6, 6.07) is 5.61. The van der Waals surface area contributed by atoms with Gasteiger partial charge < -0.3 is 14.5 Å². The number of benzene rings is 1. The number of amides is 2. The molecule has 1 aliphatic rings. The zero-order chi connectivity index (χ0) is 16.1. The summed E-state index contributed by atoms with van der Waals surface area (Å²) in [5, 5.41) is 0. The van der Waals surface area contributed by atoms with Gasteiger partial charge in [0.25, 0.3) is 5.91 Å². The van der Waals surface area contributed by atoms with Crippen LogP contribution in [-0.4, -0.2) is 54.6 Å². The minimum Gasteiger partial charge on any atom is -0.450 e. The number of hydrogen-bond donors (Lipinski definition) is 0. The molecular weight excluding hydrogens is 287 g/mol. The highest BCUT2D eigenvalue weighted by atomic mass is 19.1. The number of carbonyl (C=O) groups is 2. The van der Waals surface area contributed by atoms with E-state index in [2.05, 4.69) is 0 Å². The van der Waals surface area contributed by atoms with Crippen LogP contribution < -0.4 is 0 Å². The standard InChI is InChI=1S/C16H21FN2O3/c1-3-22-16(21)19-10-8-14(9-11-19)18(2)15(20)12-4-6-13(17)7-5-12/h4-7,14H,3,8-11H2,1-2H3. The minimum absolute atomic E-state index is 0.0724. The van der Waals surface area contributed by atoms with Gasteiger partial charge in [0.15, 0.2) is 0 Å². The number of piperidine rings is 1. The fraction of sp³-hybridized carbons (Fsp3) is 0.500. The maximum absolute atomic E-state index is 12.9. The molecule has 2 amide bonds. The van der Waals surface area contributed by atoms with Crippen molar-refractivity contribution in [3.8, 4) is 0 Å². The molecule has 0 atom stereocenters. The average molecular weight is 308 g/mol. The van der Waals surface area contributed by atoms with Gasteiger partial charge in [-0.2, -0.15) is 0 Å². The van der Waals surface area contributed by atoms with Crippen LogP contribution in [0.5, 0.6) is 0 Å². The number of rotatable bonds is 3. The Labute approximate surface area is 129 Å². The Morgan fingerprint density at radius 3 is 2.41 bits per heavy atom. The van der Waals surface area contributed by atoms with Gasteiger partial charge in [-0.15, -0.1) is 0 Å². The van der Waals surface area contributed by atoms with Crippen LogP contribution in [0, 0.1) is 5.82 Å². The average Bonchev–Trinajstić information content (AvgIpc) is 2.54. The van der Waals surface area contributed by atoms with E-state index < -0.39 is 0 Å². The van der Waals surface area contributed by atoms with Crippen molar-refractivity contribution in [2.75, 3.05) is 26.7 Å². The molecule has 0 saturated carbocycles. The maximum Gasteiger partial charge on any atom is 0.409 e. The van der Waals surface area contributed by atoms with E-state index in [4.69, 9.17) is 4.74 Å². The largest absolute Gasteiger partial charge is 0.450 e. The summed E-state index contributed by atoms with van der Waals surface area (Å²) in [6.07, 6.45) is 1.12. The summed E-state index contributed by atoms with van der Waals surface area (Å²) < 4.78 is 17.9. The molecule has 0 radical (unpaired) electrons. The molecule has 0 unspecified atom stereocenters. The summed E-state index contributed by atoms with van der Waals surface area (Å²) in [5.41, 5.74) is 0.469. The number of hydrogen-bond acceptors (Lipinski definition) is 3. The lowest BCUT2D eigenvalue weighted by Gasteiger charge is -2.36. The molecule has 0 spiro atoms. The van der Waals surface area contributed by atoms with Gasteiger partial charge in [-0.3, -0.25) is 4.79 Å². The van der Waals surface area contributed by atoms with Crippen molar-refractivity contribution in [3.05, 3.63) is 35.6 Å². The summed E-state index contributed by atoms with van der Waals surface area (Å²) in [4.78, 5) is 27.4. The van der Waals surface area contributed by atoms with E-state index in [1.807, 2.05) is 0 Å². The predicted octanol–water partition coefficient (Wildman–Crippen LogP) is 2.52. The first-order valence-electron chi connectivity index (χ1n) is 7.47. The number of ether oxygens (including phenoxy) is 1. The molecule has 1 saturated heterocycles. The summed E-state index contributed by atoms with van der Waals surface area (Å²) in [7, 11) is 1.75. The Hall–Kier alpha value is -2.11. The van der Waals surface area contributed by atoms with Crippen LogP contribution >= 0.6 is 0 Å². The molecule has 0 aromatic heterocycles. The minimum atomic E-state index is -0.359. The van der Waals surface area contributed by atoms with E-state index >= 15 is 0 Å². The lowest BCUT2D eigenvalue weighted by Crippen LogP contribution is -2.47. The fourth-order valence-corrected chi connectivity index (χ4v) is 2.61. The van der Waals surface area contributed by atoms with Gasteiger partial charge in [-0.1, -0.05) is 0 Å². The van der Waals surface area contributed by atoms with Gasteiger partial charge in [-0.25, -0.2) is 9.18 Å². The smallest absolute Gasteiger partial charge is 0.409 e. The van der Waals surface area contributed by atoms with Crippen LogP contribution in [0.2, 0.25) is 0 Å².